The molecule has 2 aromatic rings. The molecule has 0 radical (unpaired) electrons. The summed E-state index contributed by atoms with van der Waals surface area (Å²) in [6, 6.07) is 13.5. The molecule has 0 spiro atoms. The van der Waals surface area contributed by atoms with Crippen LogP contribution in [0.15, 0.2) is 59.7 Å². The summed E-state index contributed by atoms with van der Waals surface area (Å²) in [5, 5.41) is 10.1. The van der Waals surface area contributed by atoms with Gasteiger partial charge in [-0.05, 0) is 66.8 Å². The highest BCUT2D eigenvalue weighted by Gasteiger charge is 2.31. The summed E-state index contributed by atoms with van der Waals surface area (Å²) in [7, 11) is 2.30. The van der Waals surface area contributed by atoms with E-state index in [1.165, 1.54) is 23.1 Å². The number of nitrogens with zero attached hydrogens (tertiary/aromatic N) is 1. The number of hydrogen-bond donors (Lipinski definition) is 1. The highest BCUT2D eigenvalue weighted by atomic mass is 19.1. The van der Waals surface area contributed by atoms with Gasteiger partial charge >= 0.3 is 0 Å². The Morgan fingerprint density at radius 3 is 2.68 bits per heavy atom. The van der Waals surface area contributed by atoms with Gasteiger partial charge in [0.25, 0.3) is 0 Å². The van der Waals surface area contributed by atoms with E-state index < -0.39 is 0 Å². The Bertz CT molecular complexity index is 1090. The maximum atomic E-state index is 12.6. The van der Waals surface area contributed by atoms with Gasteiger partial charge in [-0.3, -0.25) is 9.29 Å². The number of phenolic OH excluding ortho intramolecular Hbond substituents is 1. The Hall–Kier alpha value is -2.73. The minimum atomic E-state index is -0.223. The number of benzene rings is 2. The molecule has 34 heavy (non-hydrogen) atoms. The third kappa shape index (κ3) is 4.74. The lowest BCUT2D eigenvalue weighted by molar-refractivity contribution is 0.0668. The van der Waals surface area contributed by atoms with Crippen LogP contribution in [0, 0.1) is 5.92 Å². The average Bonchev–Trinajstić information content (AvgIpc) is 2.82. The van der Waals surface area contributed by atoms with Crippen LogP contribution < -0.4 is 9.47 Å². The number of alkyl halides is 1. The van der Waals surface area contributed by atoms with Crippen LogP contribution in [-0.4, -0.2) is 50.8 Å². The van der Waals surface area contributed by atoms with Gasteiger partial charge in [-0.1, -0.05) is 30.4 Å². The molecule has 0 saturated carbocycles. The van der Waals surface area contributed by atoms with Crippen molar-refractivity contribution in [2.45, 2.75) is 38.1 Å². The number of halogens is 1. The van der Waals surface area contributed by atoms with Gasteiger partial charge in [0.2, 0.25) is 0 Å². The van der Waals surface area contributed by atoms with Crippen LogP contribution in [-0.2, 0) is 0 Å². The van der Waals surface area contributed by atoms with Crippen LogP contribution in [0.3, 0.4) is 0 Å². The van der Waals surface area contributed by atoms with Crippen molar-refractivity contribution in [1.82, 2.24) is 4.90 Å². The number of phenols is 1. The van der Waals surface area contributed by atoms with E-state index in [9.17, 15) is 9.50 Å². The molecule has 3 aliphatic rings. The molecule has 2 unspecified atom stereocenters. The first-order valence-corrected chi connectivity index (χ1v) is 12.4. The van der Waals surface area contributed by atoms with Crippen LogP contribution in [0.1, 0.15) is 43.4 Å². The van der Waals surface area contributed by atoms with Gasteiger partial charge in [-0.2, -0.15) is 0 Å². The normalized spacial score (nSPS) is 23.1. The van der Waals surface area contributed by atoms with Gasteiger partial charge in [0.1, 0.15) is 37.8 Å². The summed E-state index contributed by atoms with van der Waals surface area (Å²) in [5.41, 5.74) is 5.81. The second-order valence-electron chi connectivity index (χ2n) is 10.0. The molecule has 2 atom stereocenters. The first-order chi connectivity index (χ1) is 16.5. The Morgan fingerprint density at radius 2 is 1.97 bits per heavy atom. The van der Waals surface area contributed by atoms with E-state index >= 15 is 0 Å². The number of fused-ring (bicyclic) bond motifs is 1. The highest BCUT2D eigenvalue weighted by molar-refractivity contribution is 6.11. The maximum absolute atomic E-state index is 12.6. The van der Waals surface area contributed by atoms with Crippen molar-refractivity contribution >= 4 is 13.4 Å². The molecule has 1 aliphatic carbocycles. The number of hydrogen-bond acceptors (Lipinski definition) is 4. The Morgan fingerprint density at radius 1 is 1.18 bits per heavy atom. The van der Waals surface area contributed by atoms with Crippen molar-refractivity contribution < 1.29 is 19.0 Å². The smallest absolute Gasteiger partial charge is 0.149 e. The predicted molar refractivity (Wildman–Crippen MR) is 136 cm³/mol. The minimum Gasteiger partial charge on any atom is -0.508 e. The second-order valence-corrected chi connectivity index (χ2v) is 10.0. The van der Waals surface area contributed by atoms with E-state index in [4.69, 9.17) is 9.47 Å². The summed E-state index contributed by atoms with van der Waals surface area (Å²) >= 11 is 0. The summed E-state index contributed by atoms with van der Waals surface area (Å²) in [5.74, 6) is 2.80. The summed E-state index contributed by atoms with van der Waals surface area (Å²) in [4.78, 5) is 2.22. The van der Waals surface area contributed by atoms with Crippen molar-refractivity contribution in [2.75, 3.05) is 32.9 Å². The monoisotopic (exact) mass is 461 g/mol. The summed E-state index contributed by atoms with van der Waals surface area (Å²) in [6.45, 7) is 5.01. The Balaban J connectivity index is 1.35. The fraction of sp³-hybridized carbons (Fsp3) is 0.429. The van der Waals surface area contributed by atoms with E-state index in [-0.39, 0.29) is 24.4 Å². The molecule has 5 rings (SSSR count). The van der Waals surface area contributed by atoms with Crippen LogP contribution in [0.25, 0.3) is 5.57 Å². The zero-order valence-corrected chi connectivity index (χ0v) is 20.1. The lowest BCUT2D eigenvalue weighted by Gasteiger charge is -2.37. The van der Waals surface area contributed by atoms with Crippen LogP contribution in [0.5, 0.6) is 17.2 Å². The molecule has 178 valence electrons. The second kappa shape index (κ2) is 9.87. The quantitative estimate of drug-likeness (QED) is 0.582. The minimum absolute atomic E-state index is 0.190. The molecule has 0 aromatic heterocycles. The Kier molecular flexibility index (Phi) is 6.69. The molecule has 0 amide bonds. The van der Waals surface area contributed by atoms with E-state index in [2.05, 4.69) is 37.9 Å². The lowest BCUT2D eigenvalue weighted by Crippen LogP contribution is -2.49. The molecular weight excluding hydrogens is 428 g/mol. The first-order valence-electron chi connectivity index (χ1n) is 12.4. The third-order valence-corrected chi connectivity index (χ3v) is 7.41. The van der Waals surface area contributed by atoms with Gasteiger partial charge in [0, 0.05) is 36.7 Å². The van der Waals surface area contributed by atoms with Crippen molar-refractivity contribution in [3.63, 3.8) is 0 Å². The van der Waals surface area contributed by atoms with Crippen molar-refractivity contribution in [3.8, 4) is 17.2 Å². The van der Waals surface area contributed by atoms with E-state index in [1.807, 2.05) is 18.2 Å². The van der Waals surface area contributed by atoms with E-state index in [0.717, 1.165) is 55.1 Å². The van der Waals surface area contributed by atoms with E-state index in [0.29, 0.717) is 12.4 Å². The van der Waals surface area contributed by atoms with Crippen LogP contribution >= 0.6 is 0 Å². The number of allylic oxidation sites excluding steroid dienone is 2. The highest BCUT2D eigenvalue weighted by Crippen LogP contribution is 2.48. The number of ether oxygens (including phenoxy) is 2. The topological polar surface area (TPSA) is 41.9 Å². The molecular formula is C28H33BFNO3. The predicted octanol–water partition coefficient (Wildman–Crippen LogP) is 5.11. The number of aromatic hydroxyl groups is 1. The average molecular weight is 461 g/mol. The molecule has 0 bridgehead atoms. The van der Waals surface area contributed by atoms with Gasteiger partial charge in [-0.15, -0.1) is 0 Å². The zero-order valence-electron chi connectivity index (χ0n) is 20.1. The number of rotatable bonds is 7. The maximum Gasteiger partial charge on any atom is 0.149 e. The van der Waals surface area contributed by atoms with Gasteiger partial charge in [0.05, 0.1) is 6.67 Å². The zero-order chi connectivity index (χ0) is 23.7. The SMILES string of the molecule is BC1CC=C(C2=C(C)c3cc(O)ccc3OC2c2ccc(OCCN3CC(CF)C3)cc2)CC1. The Labute approximate surface area is 202 Å². The molecule has 6 heteroatoms. The molecule has 2 heterocycles. The number of likely N-dealkylation sites (tertiary alicyclic amines) is 1. The lowest BCUT2D eigenvalue weighted by atomic mass is 9.73. The largest absolute Gasteiger partial charge is 0.508 e. The van der Waals surface area contributed by atoms with Gasteiger partial charge < -0.3 is 14.6 Å². The molecule has 1 N–H and O–H groups in total. The van der Waals surface area contributed by atoms with Crippen molar-refractivity contribution in [2.24, 2.45) is 5.92 Å². The van der Waals surface area contributed by atoms with Gasteiger partial charge in [0.15, 0.2) is 0 Å². The van der Waals surface area contributed by atoms with Crippen LogP contribution in [0.2, 0.25) is 5.82 Å². The van der Waals surface area contributed by atoms with Crippen LogP contribution in [0.4, 0.5) is 4.39 Å². The first kappa shape index (κ1) is 23.0. The standard InChI is InChI=1S/C28H33BFNO3/c1-18-25-14-23(32)8-11-26(25)34-28(27(18)20-2-6-22(29)7-3-20)21-4-9-24(10-5-21)33-13-12-31-16-19(15-30)17-31/h2,4-5,8-11,14,19,22,28,32H,3,6-7,12-13,15-17,29H2,1H3. The van der Waals surface area contributed by atoms with E-state index in [1.54, 1.807) is 12.1 Å². The van der Waals surface area contributed by atoms with Gasteiger partial charge in [-0.25, -0.2) is 0 Å². The molecule has 2 aromatic carbocycles. The van der Waals surface area contributed by atoms with Crippen molar-refractivity contribution in [1.29, 1.82) is 0 Å². The molecule has 4 nitrogen and oxygen atoms in total. The summed E-state index contributed by atoms with van der Waals surface area (Å²) < 4.78 is 25.1. The molecule has 2 aliphatic heterocycles. The fourth-order valence-corrected chi connectivity index (χ4v) is 5.28. The fourth-order valence-electron chi connectivity index (χ4n) is 5.28. The third-order valence-electron chi connectivity index (χ3n) is 7.41. The summed E-state index contributed by atoms with van der Waals surface area (Å²) in [6.07, 6.45) is 5.49. The van der Waals surface area contributed by atoms with Crippen molar-refractivity contribution in [3.05, 3.63) is 70.8 Å². The molecule has 1 fully saturated rings. The molecule has 1 saturated heterocycles.